The maximum Gasteiger partial charge on any atom is 0.321 e. The van der Waals surface area contributed by atoms with Gasteiger partial charge in [0.15, 0.2) is 0 Å². The van der Waals surface area contributed by atoms with Crippen molar-refractivity contribution in [2.75, 3.05) is 25.5 Å². The van der Waals surface area contributed by atoms with E-state index in [4.69, 9.17) is 0 Å². The number of carbonyl (C=O) groups excluding carboxylic acids is 2. The number of fused-ring (bicyclic) bond motifs is 1. The van der Waals surface area contributed by atoms with E-state index in [1.54, 1.807) is 11.9 Å². The summed E-state index contributed by atoms with van der Waals surface area (Å²) in [6.07, 6.45) is 1.58. The molecule has 2 aromatic rings. The van der Waals surface area contributed by atoms with E-state index in [0.29, 0.717) is 19.5 Å². The number of nitrogens with zero attached hydrogens (tertiary/aromatic N) is 3. The van der Waals surface area contributed by atoms with Crippen LogP contribution in [0.15, 0.2) is 18.2 Å². The highest BCUT2D eigenvalue weighted by Gasteiger charge is 2.30. The van der Waals surface area contributed by atoms with Gasteiger partial charge in [0.1, 0.15) is 5.82 Å². The zero-order chi connectivity index (χ0) is 18.0. The molecule has 1 fully saturated rings. The van der Waals surface area contributed by atoms with Gasteiger partial charge in [-0.3, -0.25) is 4.79 Å². The number of nitrogens with one attached hydrogen (secondary N) is 2. The number of rotatable bonds is 4. The predicted molar refractivity (Wildman–Crippen MR) is 97.6 cm³/mol. The van der Waals surface area contributed by atoms with E-state index < -0.39 is 0 Å². The maximum absolute atomic E-state index is 12.4. The number of imidazole rings is 1. The van der Waals surface area contributed by atoms with Crippen molar-refractivity contribution in [3.63, 3.8) is 0 Å². The Morgan fingerprint density at radius 2 is 2.12 bits per heavy atom. The normalized spacial score (nSPS) is 17.1. The maximum atomic E-state index is 12.4. The average Bonchev–Trinajstić information content (AvgIpc) is 3.24. The third-order valence-electron chi connectivity index (χ3n) is 4.80. The van der Waals surface area contributed by atoms with Crippen molar-refractivity contribution >= 4 is 28.7 Å². The Bertz CT molecular complexity index is 798. The van der Waals surface area contributed by atoms with Crippen LogP contribution in [0.4, 0.5) is 10.5 Å². The van der Waals surface area contributed by atoms with E-state index in [0.717, 1.165) is 35.5 Å². The van der Waals surface area contributed by atoms with Crippen LogP contribution in [0.5, 0.6) is 0 Å². The van der Waals surface area contributed by atoms with Crippen LogP contribution in [0, 0.1) is 5.92 Å². The molecule has 1 atom stereocenters. The number of anilines is 1. The summed E-state index contributed by atoms with van der Waals surface area (Å²) in [4.78, 5) is 30.5. The minimum absolute atomic E-state index is 0.00563. The van der Waals surface area contributed by atoms with Crippen LogP contribution < -0.4 is 10.6 Å². The van der Waals surface area contributed by atoms with Crippen molar-refractivity contribution in [1.29, 1.82) is 0 Å². The molecule has 0 bridgehead atoms. The highest BCUT2D eigenvalue weighted by molar-refractivity contribution is 5.93. The smallest absolute Gasteiger partial charge is 0.321 e. The minimum Gasteiger partial charge on any atom is -0.359 e. The number of aryl methyl sites for hydroxylation is 2. The van der Waals surface area contributed by atoms with E-state index in [1.165, 1.54) is 0 Å². The molecule has 1 unspecified atom stereocenters. The van der Waals surface area contributed by atoms with Gasteiger partial charge in [-0.15, -0.1) is 0 Å². The molecule has 1 aromatic heterocycles. The molecule has 7 heteroatoms. The first-order valence-corrected chi connectivity index (χ1v) is 8.84. The largest absolute Gasteiger partial charge is 0.359 e. The number of likely N-dealkylation sites (tertiary alicyclic amines) is 1. The number of urea groups is 1. The zero-order valence-corrected chi connectivity index (χ0v) is 15.0. The van der Waals surface area contributed by atoms with E-state index in [-0.39, 0.29) is 17.9 Å². The molecule has 1 aromatic carbocycles. The van der Waals surface area contributed by atoms with Crippen LogP contribution in [0.25, 0.3) is 11.0 Å². The topological polar surface area (TPSA) is 79.3 Å². The summed E-state index contributed by atoms with van der Waals surface area (Å²) in [6, 6.07) is 5.64. The van der Waals surface area contributed by atoms with Gasteiger partial charge in [0, 0.05) is 38.8 Å². The summed E-state index contributed by atoms with van der Waals surface area (Å²) in [5.41, 5.74) is 2.70. The van der Waals surface area contributed by atoms with Gasteiger partial charge in [-0.05, 0) is 31.5 Å². The Kier molecular flexibility index (Phi) is 4.92. The standard InChI is InChI=1S/C18H25N5O2/c1-4-16-21-14-10-13(6-7-15(14)23(16)5-2)20-18(25)22-9-8-12(11-22)17(24)19-3/h6-7,10,12H,4-5,8-9,11H2,1-3H3,(H,19,24)(H,20,25). The van der Waals surface area contributed by atoms with Gasteiger partial charge >= 0.3 is 6.03 Å². The molecule has 0 aliphatic carbocycles. The molecule has 3 rings (SSSR count). The van der Waals surface area contributed by atoms with Gasteiger partial charge in [-0.1, -0.05) is 6.92 Å². The van der Waals surface area contributed by atoms with Crippen LogP contribution in [0.3, 0.4) is 0 Å². The molecule has 0 radical (unpaired) electrons. The molecule has 134 valence electrons. The summed E-state index contributed by atoms with van der Waals surface area (Å²) < 4.78 is 2.19. The Labute approximate surface area is 147 Å². The number of aromatic nitrogens is 2. The third-order valence-corrected chi connectivity index (χ3v) is 4.80. The van der Waals surface area contributed by atoms with E-state index in [2.05, 4.69) is 34.0 Å². The monoisotopic (exact) mass is 343 g/mol. The Balaban J connectivity index is 1.73. The quantitative estimate of drug-likeness (QED) is 0.893. The minimum atomic E-state index is -0.170. The molecule has 2 N–H and O–H groups in total. The Morgan fingerprint density at radius 1 is 1.32 bits per heavy atom. The molecule has 2 heterocycles. The van der Waals surface area contributed by atoms with Gasteiger partial charge in [0.2, 0.25) is 5.91 Å². The van der Waals surface area contributed by atoms with Crippen LogP contribution in [0.1, 0.15) is 26.1 Å². The van der Waals surface area contributed by atoms with Crippen molar-refractivity contribution in [2.24, 2.45) is 5.92 Å². The van der Waals surface area contributed by atoms with E-state index in [9.17, 15) is 9.59 Å². The summed E-state index contributed by atoms with van der Waals surface area (Å²) >= 11 is 0. The van der Waals surface area contributed by atoms with Gasteiger partial charge in [0.25, 0.3) is 0 Å². The lowest BCUT2D eigenvalue weighted by molar-refractivity contribution is -0.124. The number of amides is 3. The predicted octanol–water partition coefficient (Wildman–Crippen LogP) is 2.22. The molecule has 3 amide bonds. The molecule has 0 saturated carbocycles. The molecule has 1 aliphatic rings. The lowest BCUT2D eigenvalue weighted by atomic mass is 10.1. The number of hydrogen-bond acceptors (Lipinski definition) is 3. The Morgan fingerprint density at radius 3 is 2.80 bits per heavy atom. The summed E-state index contributed by atoms with van der Waals surface area (Å²) in [7, 11) is 1.63. The second-order valence-corrected chi connectivity index (χ2v) is 6.31. The fourth-order valence-electron chi connectivity index (χ4n) is 3.45. The van der Waals surface area contributed by atoms with Crippen LogP contribution in [-0.4, -0.2) is 46.5 Å². The molecular formula is C18H25N5O2. The van der Waals surface area contributed by atoms with Crippen LogP contribution in [-0.2, 0) is 17.8 Å². The van der Waals surface area contributed by atoms with Crippen molar-refractivity contribution in [3.05, 3.63) is 24.0 Å². The first kappa shape index (κ1) is 17.3. The molecule has 1 aliphatic heterocycles. The summed E-state index contributed by atoms with van der Waals surface area (Å²) in [6.45, 7) is 6.12. The van der Waals surface area contributed by atoms with E-state index >= 15 is 0 Å². The first-order valence-electron chi connectivity index (χ1n) is 8.84. The molecular weight excluding hydrogens is 318 g/mol. The number of hydrogen-bond donors (Lipinski definition) is 2. The van der Waals surface area contributed by atoms with Crippen molar-refractivity contribution in [1.82, 2.24) is 19.8 Å². The van der Waals surface area contributed by atoms with Gasteiger partial charge in [-0.25, -0.2) is 9.78 Å². The molecule has 1 saturated heterocycles. The molecule has 7 nitrogen and oxygen atoms in total. The third kappa shape index (κ3) is 3.31. The number of benzene rings is 1. The highest BCUT2D eigenvalue weighted by Crippen LogP contribution is 2.22. The molecule has 0 spiro atoms. The second-order valence-electron chi connectivity index (χ2n) is 6.31. The Hall–Kier alpha value is -2.57. The van der Waals surface area contributed by atoms with Crippen LogP contribution in [0.2, 0.25) is 0 Å². The zero-order valence-electron chi connectivity index (χ0n) is 15.0. The number of carbonyl (C=O) groups is 2. The van der Waals surface area contributed by atoms with E-state index in [1.807, 2.05) is 18.2 Å². The van der Waals surface area contributed by atoms with Crippen LogP contribution >= 0.6 is 0 Å². The lowest BCUT2D eigenvalue weighted by Gasteiger charge is -2.17. The summed E-state index contributed by atoms with van der Waals surface area (Å²) in [5.74, 6) is 0.924. The summed E-state index contributed by atoms with van der Waals surface area (Å²) in [5, 5.41) is 5.57. The van der Waals surface area contributed by atoms with Crippen molar-refractivity contribution < 1.29 is 9.59 Å². The molecule has 25 heavy (non-hydrogen) atoms. The lowest BCUT2D eigenvalue weighted by Crippen LogP contribution is -2.35. The SMILES string of the molecule is CCc1nc2cc(NC(=O)N3CCC(C(=O)NC)C3)ccc2n1CC. The van der Waals surface area contributed by atoms with Gasteiger partial charge < -0.3 is 20.1 Å². The fraction of sp³-hybridized carbons (Fsp3) is 0.500. The van der Waals surface area contributed by atoms with Gasteiger partial charge in [0.05, 0.1) is 17.0 Å². The second kappa shape index (κ2) is 7.13. The first-order chi connectivity index (χ1) is 12.1. The van der Waals surface area contributed by atoms with Crippen molar-refractivity contribution in [3.8, 4) is 0 Å². The highest BCUT2D eigenvalue weighted by atomic mass is 16.2. The van der Waals surface area contributed by atoms with Crippen molar-refractivity contribution in [2.45, 2.75) is 33.2 Å². The fourth-order valence-corrected chi connectivity index (χ4v) is 3.45. The average molecular weight is 343 g/mol. The van der Waals surface area contributed by atoms with Gasteiger partial charge in [-0.2, -0.15) is 0 Å².